The minimum absolute atomic E-state index is 0.293. The molecule has 2 N–H and O–H groups in total. The Kier molecular flexibility index (Phi) is 7.97. The Hall–Kier alpha value is -2.94. The van der Waals surface area contributed by atoms with Crippen LogP contribution in [0.1, 0.15) is 67.1 Å². The maximum atomic E-state index is 14.3. The van der Waals surface area contributed by atoms with Crippen molar-refractivity contribution in [3.8, 4) is 0 Å². The van der Waals surface area contributed by atoms with Gasteiger partial charge in [0.25, 0.3) is 0 Å². The molecular formula is C27H29F4NO4. The molecule has 1 aliphatic heterocycles. The van der Waals surface area contributed by atoms with Crippen molar-refractivity contribution in [2.45, 2.75) is 56.5 Å². The first kappa shape index (κ1) is 26.1. The van der Waals surface area contributed by atoms with Crippen molar-refractivity contribution in [1.29, 1.82) is 0 Å². The second-order valence-electron chi connectivity index (χ2n) is 9.60. The zero-order valence-electron chi connectivity index (χ0n) is 19.7. The molecule has 4 rings (SSSR count). The summed E-state index contributed by atoms with van der Waals surface area (Å²) in [5.41, 5.74) is 0.434. The number of carboxylic acid groups (broad SMARTS) is 1. The van der Waals surface area contributed by atoms with Crippen molar-refractivity contribution in [2.75, 3.05) is 18.5 Å². The summed E-state index contributed by atoms with van der Waals surface area (Å²) >= 11 is 0. The molecule has 2 fully saturated rings. The first-order valence-corrected chi connectivity index (χ1v) is 12.2. The monoisotopic (exact) mass is 507 g/mol. The second kappa shape index (κ2) is 11.0. The molecule has 2 aliphatic rings. The van der Waals surface area contributed by atoms with E-state index < -0.39 is 52.9 Å². The van der Waals surface area contributed by atoms with Gasteiger partial charge in [-0.05, 0) is 73.3 Å². The molecule has 0 spiro atoms. The average Bonchev–Trinajstić information content (AvgIpc) is 3.14. The highest BCUT2D eigenvalue weighted by molar-refractivity contribution is 5.95. The summed E-state index contributed by atoms with van der Waals surface area (Å²) in [4.78, 5) is 25.3. The molecule has 2 aromatic carbocycles. The third-order valence-corrected chi connectivity index (χ3v) is 7.36. The molecule has 1 amide bonds. The van der Waals surface area contributed by atoms with E-state index in [1.807, 2.05) is 24.3 Å². The molecule has 9 heteroatoms. The smallest absolute Gasteiger partial charge is 0.416 e. The van der Waals surface area contributed by atoms with E-state index in [0.717, 1.165) is 37.5 Å². The molecule has 194 valence electrons. The number of hydrogen-bond acceptors (Lipinski definition) is 3. The minimum atomic E-state index is -4.71. The maximum absolute atomic E-state index is 14.3. The Bertz CT molecular complexity index is 1080. The number of hydrogen-bond donors (Lipinski definition) is 2. The number of rotatable bonds is 5. The number of aliphatic carboxylic acids is 1. The van der Waals surface area contributed by atoms with Crippen LogP contribution in [0.15, 0.2) is 42.5 Å². The normalized spacial score (nSPS) is 25.1. The molecule has 0 unspecified atom stereocenters. The summed E-state index contributed by atoms with van der Waals surface area (Å²) in [6.07, 6.45) is -0.273. The van der Waals surface area contributed by atoms with Crippen molar-refractivity contribution in [1.82, 2.24) is 0 Å². The van der Waals surface area contributed by atoms with Gasteiger partial charge in [-0.3, -0.25) is 9.59 Å². The molecule has 1 heterocycles. The summed E-state index contributed by atoms with van der Waals surface area (Å²) in [6.45, 7) is 1.48. The Morgan fingerprint density at radius 1 is 0.917 bits per heavy atom. The van der Waals surface area contributed by atoms with Gasteiger partial charge in [-0.15, -0.1) is 0 Å². The summed E-state index contributed by atoms with van der Waals surface area (Å²) in [6, 6.07) is 9.74. The van der Waals surface area contributed by atoms with Crippen LogP contribution in [0, 0.1) is 17.7 Å². The number of carboxylic acids is 1. The fraction of sp³-hybridized carbons (Fsp3) is 0.481. The molecule has 1 saturated carbocycles. The van der Waals surface area contributed by atoms with E-state index in [1.54, 1.807) is 0 Å². The van der Waals surface area contributed by atoms with Crippen LogP contribution >= 0.6 is 0 Å². The Morgan fingerprint density at radius 2 is 1.64 bits per heavy atom. The third kappa shape index (κ3) is 5.88. The first-order chi connectivity index (χ1) is 17.1. The number of halogens is 4. The molecule has 0 bridgehead atoms. The van der Waals surface area contributed by atoms with E-state index in [0.29, 0.717) is 43.9 Å². The zero-order chi connectivity index (χ0) is 25.9. The van der Waals surface area contributed by atoms with E-state index in [1.165, 1.54) is 5.56 Å². The molecule has 0 radical (unpaired) electrons. The summed E-state index contributed by atoms with van der Waals surface area (Å²) in [5.74, 6) is -5.05. The quantitative estimate of drug-likeness (QED) is 0.463. The molecule has 4 atom stereocenters. The van der Waals surface area contributed by atoms with Gasteiger partial charge in [0.1, 0.15) is 5.82 Å². The first-order valence-electron chi connectivity index (χ1n) is 12.2. The summed E-state index contributed by atoms with van der Waals surface area (Å²) in [5, 5.41) is 12.3. The van der Waals surface area contributed by atoms with Crippen LogP contribution in [-0.4, -0.2) is 30.2 Å². The Morgan fingerprint density at radius 3 is 2.31 bits per heavy atom. The highest BCUT2D eigenvalue weighted by Gasteiger charge is 2.43. The van der Waals surface area contributed by atoms with Gasteiger partial charge in [0, 0.05) is 13.2 Å². The molecule has 36 heavy (non-hydrogen) atoms. The van der Waals surface area contributed by atoms with E-state index in [4.69, 9.17) is 4.74 Å². The number of carbonyl (C=O) groups excluding carboxylic acids is 1. The van der Waals surface area contributed by atoms with Gasteiger partial charge in [0.2, 0.25) is 5.91 Å². The third-order valence-electron chi connectivity index (χ3n) is 7.36. The molecule has 1 saturated heterocycles. The standard InChI is InChI=1S/C27H29F4NO4/c28-22-15-19(27(29,30)31)10-11-23(22)32-25(33)21-5-1-4-20(24(21)26(34)35)18-8-6-17(7-9-18)16-3-2-13-36-14-12-16/h6-11,15-16,20-21,24H,1-5,12-14H2,(H,32,33)(H,34,35)/t16-,20-,21-,24-/m1/s1. The van der Waals surface area contributed by atoms with Gasteiger partial charge >= 0.3 is 12.1 Å². The minimum Gasteiger partial charge on any atom is -0.481 e. The summed E-state index contributed by atoms with van der Waals surface area (Å²) in [7, 11) is 0. The van der Waals surface area contributed by atoms with Gasteiger partial charge in [-0.25, -0.2) is 4.39 Å². The van der Waals surface area contributed by atoms with E-state index in [9.17, 15) is 32.3 Å². The van der Waals surface area contributed by atoms with Crippen molar-refractivity contribution in [3.05, 3.63) is 65.0 Å². The zero-order valence-corrected chi connectivity index (χ0v) is 19.7. The molecule has 1 aliphatic carbocycles. The lowest BCUT2D eigenvalue weighted by Crippen LogP contribution is -2.40. The number of ether oxygens (including phenoxy) is 1. The molecule has 5 nitrogen and oxygen atoms in total. The van der Waals surface area contributed by atoms with Gasteiger partial charge in [0.05, 0.1) is 23.1 Å². The predicted octanol–water partition coefficient (Wildman–Crippen LogP) is 6.35. The van der Waals surface area contributed by atoms with Crippen molar-refractivity contribution in [2.24, 2.45) is 11.8 Å². The van der Waals surface area contributed by atoms with Gasteiger partial charge in [0.15, 0.2) is 0 Å². The highest BCUT2D eigenvalue weighted by atomic mass is 19.4. The van der Waals surface area contributed by atoms with Crippen LogP contribution in [0.3, 0.4) is 0 Å². The van der Waals surface area contributed by atoms with Gasteiger partial charge in [-0.2, -0.15) is 13.2 Å². The number of nitrogens with one attached hydrogen (secondary N) is 1. The van der Waals surface area contributed by atoms with Crippen LogP contribution in [0.5, 0.6) is 0 Å². The van der Waals surface area contributed by atoms with Crippen molar-refractivity contribution < 1.29 is 37.0 Å². The van der Waals surface area contributed by atoms with Crippen LogP contribution < -0.4 is 5.32 Å². The molecule has 2 aromatic rings. The molecular weight excluding hydrogens is 478 g/mol. The number of carbonyl (C=O) groups is 2. The van der Waals surface area contributed by atoms with Crippen LogP contribution in [-0.2, 0) is 20.5 Å². The predicted molar refractivity (Wildman–Crippen MR) is 125 cm³/mol. The lowest BCUT2D eigenvalue weighted by atomic mass is 9.68. The van der Waals surface area contributed by atoms with E-state index in [2.05, 4.69) is 5.32 Å². The van der Waals surface area contributed by atoms with E-state index in [-0.39, 0.29) is 0 Å². The molecule has 0 aromatic heterocycles. The largest absolute Gasteiger partial charge is 0.481 e. The number of benzene rings is 2. The van der Waals surface area contributed by atoms with Crippen LogP contribution in [0.4, 0.5) is 23.2 Å². The number of amides is 1. The number of anilines is 1. The summed E-state index contributed by atoms with van der Waals surface area (Å²) < 4.78 is 58.3. The fourth-order valence-corrected chi connectivity index (χ4v) is 5.48. The van der Waals surface area contributed by atoms with Gasteiger partial charge in [-0.1, -0.05) is 30.7 Å². The Balaban J connectivity index is 1.51. The van der Waals surface area contributed by atoms with Crippen molar-refractivity contribution in [3.63, 3.8) is 0 Å². The van der Waals surface area contributed by atoms with Crippen molar-refractivity contribution >= 4 is 17.6 Å². The lowest BCUT2D eigenvalue weighted by Gasteiger charge is -2.35. The van der Waals surface area contributed by atoms with Crippen LogP contribution in [0.2, 0.25) is 0 Å². The van der Waals surface area contributed by atoms with Crippen LogP contribution in [0.25, 0.3) is 0 Å². The number of alkyl halides is 3. The fourth-order valence-electron chi connectivity index (χ4n) is 5.48. The Labute approximate surface area is 206 Å². The lowest BCUT2D eigenvalue weighted by molar-refractivity contribution is -0.148. The maximum Gasteiger partial charge on any atom is 0.416 e. The highest BCUT2D eigenvalue weighted by Crippen LogP contribution is 2.43. The second-order valence-corrected chi connectivity index (χ2v) is 9.60. The SMILES string of the molecule is O=C(O)[C@@H]1[C@@H](c2ccc([C@@H]3CCCOCC3)cc2)CCC[C@H]1C(=O)Nc1ccc(C(F)(F)F)cc1F. The van der Waals surface area contributed by atoms with Gasteiger partial charge < -0.3 is 15.2 Å². The average molecular weight is 508 g/mol. The van der Waals surface area contributed by atoms with E-state index >= 15 is 0 Å². The topological polar surface area (TPSA) is 75.6 Å².